The first kappa shape index (κ1) is 7.07. The Morgan fingerprint density at radius 2 is 1.89 bits per heavy atom. The maximum atomic E-state index is 5.58. The summed E-state index contributed by atoms with van der Waals surface area (Å²) in [5.74, 6) is 1.71. The fourth-order valence-electron chi connectivity index (χ4n) is 2.14. The van der Waals surface area contributed by atoms with Crippen LogP contribution < -0.4 is 5.73 Å². The molecule has 0 aliphatic heterocycles. The minimum atomic E-state index is 0.559. The summed E-state index contributed by atoms with van der Waals surface area (Å²) in [5, 5.41) is 0. The zero-order valence-corrected chi connectivity index (χ0v) is 6.65. The molecule has 1 saturated carbocycles. The van der Waals surface area contributed by atoms with Crippen LogP contribution in [-0.4, -0.2) is 6.54 Å². The standard InChI is InChI=1S/C8H17N/c1-4-6-7(5-9)8(6,2)3/h6-7H,4-5,9H2,1-3H3/t6-,7?/m1/s1. The molecule has 0 amide bonds. The molecule has 1 fully saturated rings. The van der Waals surface area contributed by atoms with Crippen molar-refractivity contribution in [3.05, 3.63) is 0 Å². The summed E-state index contributed by atoms with van der Waals surface area (Å²) in [4.78, 5) is 0. The maximum absolute atomic E-state index is 5.58. The summed E-state index contributed by atoms with van der Waals surface area (Å²) in [7, 11) is 0. The van der Waals surface area contributed by atoms with E-state index in [1.54, 1.807) is 0 Å². The fourth-order valence-corrected chi connectivity index (χ4v) is 2.14. The van der Waals surface area contributed by atoms with Crippen LogP contribution in [0.1, 0.15) is 27.2 Å². The predicted molar refractivity (Wildman–Crippen MR) is 40.1 cm³/mol. The predicted octanol–water partition coefficient (Wildman–Crippen LogP) is 1.63. The van der Waals surface area contributed by atoms with Crippen LogP contribution in [0.25, 0.3) is 0 Å². The Morgan fingerprint density at radius 1 is 1.33 bits per heavy atom. The van der Waals surface area contributed by atoms with Crippen LogP contribution in [0.4, 0.5) is 0 Å². The number of rotatable bonds is 2. The number of hydrogen-bond acceptors (Lipinski definition) is 1. The summed E-state index contributed by atoms with van der Waals surface area (Å²) >= 11 is 0. The maximum Gasteiger partial charge on any atom is -0.00408 e. The van der Waals surface area contributed by atoms with Crippen LogP contribution in [-0.2, 0) is 0 Å². The fraction of sp³-hybridized carbons (Fsp3) is 1.00. The molecule has 9 heavy (non-hydrogen) atoms. The van der Waals surface area contributed by atoms with Gasteiger partial charge in [-0.25, -0.2) is 0 Å². The Balaban J connectivity index is 2.45. The molecule has 1 aliphatic carbocycles. The average Bonchev–Trinajstić information content (AvgIpc) is 2.32. The molecule has 2 N–H and O–H groups in total. The second kappa shape index (κ2) is 1.98. The lowest BCUT2D eigenvalue weighted by atomic mass is 10.1. The van der Waals surface area contributed by atoms with E-state index in [1.165, 1.54) is 6.42 Å². The zero-order valence-electron chi connectivity index (χ0n) is 6.65. The van der Waals surface area contributed by atoms with Crippen LogP contribution >= 0.6 is 0 Å². The van der Waals surface area contributed by atoms with E-state index in [2.05, 4.69) is 20.8 Å². The van der Waals surface area contributed by atoms with Gasteiger partial charge in [0, 0.05) is 0 Å². The molecule has 0 radical (unpaired) electrons. The molecule has 1 unspecified atom stereocenters. The molecular formula is C8H17N. The van der Waals surface area contributed by atoms with Crippen LogP contribution in [0.2, 0.25) is 0 Å². The molecule has 0 aromatic rings. The molecule has 0 aromatic heterocycles. The summed E-state index contributed by atoms with van der Waals surface area (Å²) < 4.78 is 0. The highest BCUT2D eigenvalue weighted by molar-refractivity contribution is 5.04. The molecule has 1 aliphatic rings. The lowest BCUT2D eigenvalue weighted by Gasteiger charge is -1.97. The van der Waals surface area contributed by atoms with Crippen molar-refractivity contribution in [3.8, 4) is 0 Å². The third kappa shape index (κ3) is 0.877. The van der Waals surface area contributed by atoms with Crippen LogP contribution in [0.5, 0.6) is 0 Å². The molecule has 0 heterocycles. The van der Waals surface area contributed by atoms with Crippen LogP contribution in [0.15, 0.2) is 0 Å². The second-order valence-corrected chi connectivity index (χ2v) is 3.68. The average molecular weight is 127 g/mol. The molecule has 1 rings (SSSR count). The van der Waals surface area contributed by atoms with E-state index in [0.29, 0.717) is 5.41 Å². The quantitative estimate of drug-likeness (QED) is 0.599. The van der Waals surface area contributed by atoms with Gasteiger partial charge in [0.05, 0.1) is 0 Å². The van der Waals surface area contributed by atoms with Gasteiger partial charge in [0.2, 0.25) is 0 Å². The lowest BCUT2D eigenvalue weighted by molar-refractivity contribution is 0.532. The molecular weight excluding hydrogens is 110 g/mol. The van der Waals surface area contributed by atoms with Gasteiger partial charge in [-0.05, 0) is 23.8 Å². The van der Waals surface area contributed by atoms with Gasteiger partial charge >= 0.3 is 0 Å². The van der Waals surface area contributed by atoms with Crippen molar-refractivity contribution in [2.75, 3.05) is 6.54 Å². The molecule has 0 aromatic carbocycles. The van der Waals surface area contributed by atoms with Gasteiger partial charge in [-0.15, -0.1) is 0 Å². The van der Waals surface area contributed by atoms with Crippen molar-refractivity contribution in [3.63, 3.8) is 0 Å². The topological polar surface area (TPSA) is 26.0 Å². The molecule has 54 valence electrons. The molecule has 1 nitrogen and oxygen atoms in total. The van der Waals surface area contributed by atoms with E-state index >= 15 is 0 Å². The van der Waals surface area contributed by atoms with Gasteiger partial charge in [0.15, 0.2) is 0 Å². The van der Waals surface area contributed by atoms with Crippen LogP contribution in [0.3, 0.4) is 0 Å². The van der Waals surface area contributed by atoms with E-state index in [4.69, 9.17) is 5.73 Å². The van der Waals surface area contributed by atoms with Crippen molar-refractivity contribution in [1.82, 2.24) is 0 Å². The summed E-state index contributed by atoms with van der Waals surface area (Å²) in [6.45, 7) is 7.77. The monoisotopic (exact) mass is 127 g/mol. The highest BCUT2D eigenvalue weighted by Crippen LogP contribution is 2.59. The normalized spacial score (nSPS) is 38.7. The smallest absolute Gasteiger partial charge is 0.00408 e. The molecule has 0 saturated heterocycles. The Bertz CT molecular complexity index is 95.1. The van der Waals surface area contributed by atoms with Crippen molar-refractivity contribution >= 4 is 0 Å². The zero-order chi connectivity index (χ0) is 7.07. The minimum Gasteiger partial charge on any atom is -0.330 e. The largest absolute Gasteiger partial charge is 0.330 e. The molecule has 0 spiro atoms. The third-order valence-corrected chi connectivity index (χ3v) is 2.98. The summed E-state index contributed by atoms with van der Waals surface area (Å²) in [6.07, 6.45) is 1.30. The summed E-state index contributed by atoms with van der Waals surface area (Å²) in [6, 6.07) is 0. The first-order chi connectivity index (χ1) is 4.14. The van der Waals surface area contributed by atoms with Crippen molar-refractivity contribution < 1.29 is 0 Å². The first-order valence-electron chi connectivity index (χ1n) is 3.84. The van der Waals surface area contributed by atoms with E-state index in [9.17, 15) is 0 Å². The van der Waals surface area contributed by atoms with Gasteiger partial charge in [-0.3, -0.25) is 0 Å². The highest BCUT2D eigenvalue weighted by Gasteiger charge is 2.54. The Hall–Kier alpha value is -0.0400. The first-order valence-corrected chi connectivity index (χ1v) is 3.84. The van der Waals surface area contributed by atoms with E-state index in [1.807, 2.05) is 0 Å². The number of nitrogens with two attached hydrogens (primary N) is 1. The molecule has 2 atom stereocenters. The lowest BCUT2D eigenvalue weighted by Crippen LogP contribution is -2.05. The highest BCUT2D eigenvalue weighted by atomic mass is 14.7. The van der Waals surface area contributed by atoms with Crippen molar-refractivity contribution in [2.45, 2.75) is 27.2 Å². The molecule has 1 heteroatoms. The van der Waals surface area contributed by atoms with Crippen molar-refractivity contribution in [1.29, 1.82) is 0 Å². The Labute approximate surface area is 57.6 Å². The second-order valence-electron chi connectivity index (χ2n) is 3.68. The SMILES string of the molecule is CC[C@@H]1C(CN)C1(C)C. The van der Waals surface area contributed by atoms with Gasteiger partial charge in [0.25, 0.3) is 0 Å². The molecule has 0 bridgehead atoms. The van der Waals surface area contributed by atoms with Gasteiger partial charge in [-0.1, -0.05) is 27.2 Å². The van der Waals surface area contributed by atoms with Gasteiger partial charge in [-0.2, -0.15) is 0 Å². The third-order valence-electron chi connectivity index (χ3n) is 2.98. The van der Waals surface area contributed by atoms with E-state index in [0.717, 1.165) is 18.4 Å². The van der Waals surface area contributed by atoms with Gasteiger partial charge < -0.3 is 5.73 Å². The van der Waals surface area contributed by atoms with Gasteiger partial charge in [0.1, 0.15) is 0 Å². The van der Waals surface area contributed by atoms with Crippen LogP contribution in [0, 0.1) is 17.3 Å². The minimum absolute atomic E-state index is 0.559. The van der Waals surface area contributed by atoms with E-state index < -0.39 is 0 Å². The number of hydrogen-bond donors (Lipinski definition) is 1. The summed E-state index contributed by atoms with van der Waals surface area (Å²) in [5.41, 5.74) is 6.13. The Morgan fingerprint density at radius 3 is 2.00 bits per heavy atom. The van der Waals surface area contributed by atoms with Crippen molar-refractivity contribution in [2.24, 2.45) is 23.0 Å². The van der Waals surface area contributed by atoms with E-state index in [-0.39, 0.29) is 0 Å². The Kier molecular flexibility index (Phi) is 1.55.